The standard InChI is InChI=1S/C22H23ClFN3O4/c1-12-4-5-13-8-17(25-22(29)27-10-15(11-27)30-3)21(28)26(2)19(13)20(12)31-18-9-14(24)6-7-16(18)23/h4-7,9,15,17H,8,10-11H2,1-3H3,(H,25,29)/t17-/m1/s1. The molecule has 3 amide bonds. The second-order valence-corrected chi connectivity index (χ2v) is 8.17. The number of fused-ring (bicyclic) bond motifs is 1. The summed E-state index contributed by atoms with van der Waals surface area (Å²) in [6.45, 7) is 2.84. The van der Waals surface area contributed by atoms with E-state index < -0.39 is 11.9 Å². The van der Waals surface area contributed by atoms with Gasteiger partial charge in [-0.25, -0.2) is 9.18 Å². The maximum atomic E-state index is 13.7. The van der Waals surface area contributed by atoms with Crippen molar-refractivity contribution in [1.29, 1.82) is 0 Å². The SMILES string of the molecule is COC1CN(C(=O)N[C@@H]2Cc3ccc(C)c(Oc4cc(F)ccc4Cl)c3N(C)C2=O)C1. The molecule has 7 nitrogen and oxygen atoms in total. The van der Waals surface area contributed by atoms with E-state index in [1.807, 2.05) is 19.1 Å². The van der Waals surface area contributed by atoms with Gasteiger partial charge in [0, 0.05) is 26.6 Å². The maximum Gasteiger partial charge on any atom is 0.318 e. The van der Waals surface area contributed by atoms with E-state index in [1.54, 1.807) is 19.1 Å². The second kappa shape index (κ2) is 8.36. The molecular formula is C22H23ClFN3O4. The van der Waals surface area contributed by atoms with Gasteiger partial charge >= 0.3 is 6.03 Å². The van der Waals surface area contributed by atoms with E-state index >= 15 is 0 Å². The van der Waals surface area contributed by atoms with Gasteiger partial charge in [-0.15, -0.1) is 0 Å². The number of amides is 3. The molecule has 2 heterocycles. The summed E-state index contributed by atoms with van der Waals surface area (Å²) in [4.78, 5) is 28.6. The summed E-state index contributed by atoms with van der Waals surface area (Å²) in [5.41, 5.74) is 2.19. The molecule has 1 atom stereocenters. The number of likely N-dealkylation sites (tertiary alicyclic amines) is 1. The third-order valence-electron chi connectivity index (χ3n) is 5.67. The molecule has 31 heavy (non-hydrogen) atoms. The van der Waals surface area contributed by atoms with Crippen LogP contribution in [-0.4, -0.2) is 56.2 Å². The van der Waals surface area contributed by atoms with Gasteiger partial charge in [0.15, 0.2) is 5.75 Å². The van der Waals surface area contributed by atoms with Crippen molar-refractivity contribution in [3.05, 3.63) is 52.3 Å². The summed E-state index contributed by atoms with van der Waals surface area (Å²) in [6.07, 6.45) is 0.354. The number of rotatable bonds is 4. The van der Waals surface area contributed by atoms with Crippen LogP contribution in [0, 0.1) is 12.7 Å². The highest BCUT2D eigenvalue weighted by Crippen LogP contribution is 2.42. The van der Waals surface area contributed by atoms with E-state index in [0.29, 0.717) is 30.9 Å². The fraction of sp³-hybridized carbons (Fsp3) is 0.364. The van der Waals surface area contributed by atoms with Crippen LogP contribution >= 0.6 is 11.6 Å². The zero-order valence-electron chi connectivity index (χ0n) is 17.4. The van der Waals surface area contributed by atoms with Crippen molar-refractivity contribution in [2.75, 3.05) is 32.1 Å². The van der Waals surface area contributed by atoms with Crippen molar-refractivity contribution in [3.63, 3.8) is 0 Å². The Morgan fingerprint density at radius 1 is 1.26 bits per heavy atom. The van der Waals surface area contributed by atoms with E-state index in [0.717, 1.165) is 11.1 Å². The Hall–Kier alpha value is -2.84. The van der Waals surface area contributed by atoms with E-state index in [1.165, 1.54) is 23.1 Å². The zero-order chi connectivity index (χ0) is 22.3. The smallest absolute Gasteiger partial charge is 0.318 e. The molecule has 164 valence electrons. The van der Waals surface area contributed by atoms with E-state index in [4.69, 9.17) is 21.1 Å². The number of likely N-dealkylation sites (N-methyl/N-ethyl adjacent to an activating group) is 1. The van der Waals surface area contributed by atoms with E-state index in [2.05, 4.69) is 5.32 Å². The van der Waals surface area contributed by atoms with Crippen LogP contribution in [0.25, 0.3) is 0 Å². The number of hydrogen-bond donors (Lipinski definition) is 1. The Morgan fingerprint density at radius 2 is 2.00 bits per heavy atom. The first-order valence-electron chi connectivity index (χ1n) is 9.89. The monoisotopic (exact) mass is 447 g/mol. The first-order chi connectivity index (χ1) is 14.8. The molecule has 1 fully saturated rings. The second-order valence-electron chi connectivity index (χ2n) is 7.76. The van der Waals surface area contributed by atoms with Crippen molar-refractivity contribution >= 4 is 29.2 Å². The zero-order valence-corrected chi connectivity index (χ0v) is 18.2. The fourth-order valence-electron chi connectivity index (χ4n) is 3.80. The Kier molecular flexibility index (Phi) is 5.77. The van der Waals surface area contributed by atoms with Gasteiger partial charge in [0.2, 0.25) is 5.91 Å². The van der Waals surface area contributed by atoms with Crippen molar-refractivity contribution in [1.82, 2.24) is 10.2 Å². The molecule has 1 N–H and O–H groups in total. The lowest BCUT2D eigenvalue weighted by molar-refractivity contribution is -0.120. The Labute approximate surface area is 184 Å². The van der Waals surface area contributed by atoms with E-state index in [-0.39, 0.29) is 28.8 Å². The van der Waals surface area contributed by atoms with Crippen LogP contribution < -0.4 is 15.0 Å². The molecule has 9 heteroatoms. The molecule has 0 aliphatic carbocycles. The third-order valence-corrected chi connectivity index (χ3v) is 5.98. The number of hydrogen-bond acceptors (Lipinski definition) is 4. The lowest BCUT2D eigenvalue weighted by Crippen LogP contribution is -2.61. The number of methoxy groups -OCH3 is 1. The van der Waals surface area contributed by atoms with Crippen molar-refractivity contribution < 1.29 is 23.5 Å². The average Bonchev–Trinajstić information content (AvgIpc) is 2.70. The molecule has 0 saturated carbocycles. The number of ether oxygens (including phenoxy) is 2. The van der Waals surface area contributed by atoms with Gasteiger partial charge in [-0.05, 0) is 30.2 Å². The lowest BCUT2D eigenvalue weighted by atomic mass is 9.95. The number of carbonyl (C=O) groups excluding carboxylic acids is 2. The fourth-order valence-corrected chi connectivity index (χ4v) is 3.95. The minimum absolute atomic E-state index is 0.0357. The minimum Gasteiger partial charge on any atom is -0.453 e. The lowest BCUT2D eigenvalue weighted by Gasteiger charge is -2.40. The topological polar surface area (TPSA) is 71.1 Å². The van der Waals surface area contributed by atoms with Gasteiger partial charge in [-0.1, -0.05) is 23.7 Å². The van der Waals surface area contributed by atoms with E-state index in [9.17, 15) is 14.0 Å². The highest BCUT2D eigenvalue weighted by Gasteiger charge is 2.37. The highest BCUT2D eigenvalue weighted by atomic mass is 35.5. The molecule has 0 aromatic heterocycles. The molecule has 0 radical (unpaired) electrons. The van der Waals surface area contributed by atoms with Crippen LogP contribution in [0.4, 0.5) is 14.9 Å². The van der Waals surface area contributed by atoms with Gasteiger partial charge in [0.25, 0.3) is 0 Å². The molecule has 0 unspecified atom stereocenters. The summed E-state index contributed by atoms with van der Waals surface area (Å²) in [7, 11) is 3.23. The quantitative estimate of drug-likeness (QED) is 0.778. The van der Waals surface area contributed by atoms with Gasteiger partial charge in [-0.2, -0.15) is 0 Å². The summed E-state index contributed by atoms with van der Waals surface area (Å²) >= 11 is 6.16. The molecule has 2 aliphatic heterocycles. The number of nitrogens with one attached hydrogen (secondary N) is 1. The van der Waals surface area contributed by atoms with Crippen molar-refractivity contribution in [2.24, 2.45) is 0 Å². The number of urea groups is 1. The molecule has 0 spiro atoms. The van der Waals surface area contributed by atoms with Gasteiger partial charge in [0.05, 0.1) is 29.9 Å². The largest absolute Gasteiger partial charge is 0.453 e. The van der Waals surface area contributed by atoms with Gasteiger partial charge in [0.1, 0.15) is 17.6 Å². The van der Waals surface area contributed by atoms with Crippen molar-refractivity contribution in [3.8, 4) is 11.5 Å². The Balaban J connectivity index is 1.58. The highest BCUT2D eigenvalue weighted by molar-refractivity contribution is 6.32. The summed E-state index contributed by atoms with van der Waals surface area (Å²) in [5.74, 6) is -0.141. The van der Waals surface area contributed by atoms with Crippen LogP contribution in [0.1, 0.15) is 11.1 Å². The maximum absolute atomic E-state index is 13.7. The molecule has 2 aromatic carbocycles. The summed E-state index contributed by atoms with van der Waals surface area (Å²) in [6, 6.07) is 6.65. The molecule has 0 bridgehead atoms. The van der Waals surface area contributed by atoms with Crippen LogP contribution in [0.5, 0.6) is 11.5 Å². The molecule has 4 rings (SSSR count). The molecule has 2 aliphatic rings. The van der Waals surface area contributed by atoms with Gasteiger partial charge < -0.3 is 24.6 Å². The van der Waals surface area contributed by atoms with Crippen LogP contribution in [0.2, 0.25) is 5.02 Å². The number of aryl methyl sites for hydroxylation is 1. The normalized spacial score (nSPS) is 18.5. The molecular weight excluding hydrogens is 425 g/mol. The first kappa shape index (κ1) is 21.4. The average molecular weight is 448 g/mol. The number of anilines is 1. The third kappa shape index (κ3) is 4.05. The van der Waals surface area contributed by atoms with Crippen LogP contribution in [-0.2, 0) is 16.0 Å². The van der Waals surface area contributed by atoms with Crippen molar-refractivity contribution in [2.45, 2.75) is 25.5 Å². The molecule has 2 aromatic rings. The number of carbonyl (C=O) groups is 2. The summed E-state index contributed by atoms with van der Waals surface area (Å²) < 4.78 is 24.8. The Bertz CT molecular complexity index is 1040. The number of benzene rings is 2. The van der Waals surface area contributed by atoms with Gasteiger partial charge in [-0.3, -0.25) is 4.79 Å². The molecule has 1 saturated heterocycles. The van der Waals surface area contributed by atoms with Crippen LogP contribution in [0.15, 0.2) is 30.3 Å². The minimum atomic E-state index is -0.695. The Morgan fingerprint density at radius 3 is 2.71 bits per heavy atom. The predicted molar refractivity (Wildman–Crippen MR) is 114 cm³/mol. The summed E-state index contributed by atoms with van der Waals surface area (Å²) in [5, 5.41) is 3.08. The number of halogens is 2. The van der Waals surface area contributed by atoms with Crippen LogP contribution in [0.3, 0.4) is 0 Å². The first-order valence-corrected chi connectivity index (χ1v) is 10.3. The predicted octanol–water partition coefficient (Wildman–Crippen LogP) is 3.51. The number of nitrogens with zero attached hydrogens (tertiary/aromatic N) is 2.